The Balaban J connectivity index is 1.55. The van der Waals surface area contributed by atoms with E-state index in [1.165, 1.54) is 11.1 Å². The predicted molar refractivity (Wildman–Crippen MR) is 109 cm³/mol. The first-order valence-corrected chi connectivity index (χ1v) is 9.82. The van der Waals surface area contributed by atoms with E-state index in [9.17, 15) is 0 Å². The smallest absolute Gasteiger partial charge is 0.216 e. The molecule has 27 heavy (non-hydrogen) atoms. The van der Waals surface area contributed by atoms with Gasteiger partial charge in [0, 0.05) is 32.2 Å². The molecule has 146 valence electrons. The summed E-state index contributed by atoms with van der Waals surface area (Å²) >= 11 is 0. The van der Waals surface area contributed by atoms with Gasteiger partial charge in [-0.05, 0) is 45.2 Å². The molecular formula is C21H31N5O. The largest absolute Gasteiger partial charge is 0.444 e. The lowest BCUT2D eigenvalue weighted by atomic mass is 9.99. The Labute approximate surface area is 162 Å². The number of guanidine groups is 1. The first-order chi connectivity index (χ1) is 13.1. The number of nitrogens with zero attached hydrogens (tertiary/aromatic N) is 3. The summed E-state index contributed by atoms with van der Waals surface area (Å²) < 4.78 is 5.61. The molecule has 0 amide bonds. The van der Waals surface area contributed by atoms with E-state index in [0.29, 0.717) is 18.5 Å². The van der Waals surface area contributed by atoms with Crippen molar-refractivity contribution in [2.75, 3.05) is 19.6 Å². The normalized spacial score (nSPS) is 16.1. The Morgan fingerprint density at radius 3 is 2.74 bits per heavy atom. The summed E-state index contributed by atoms with van der Waals surface area (Å²) in [5.74, 6) is 2.32. The summed E-state index contributed by atoms with van der Waals surface area (Å²) in [5.41, 5.74) is 3.86. The van der Waals surface area contributed by atoms with Crippen molar-refractivity contribution >= 4 is 5.96 Å². The van der Waals surface area contributed by atoms with Crippen LogP contribution in [0.25, 0.3) is 0 Å². The van der Waals surface area contributed by atoms with Gasteiger partial charge in [0.05, 0.1) is 5.69 Å². The fourth-order valence-corrected chi connectivity index (χ4v) is 3.36. The van der Waals surface area contributed by atoms with Crippen LogP contribution in [-0.2, 0) is 19.5 Å². The number of hydrogen-bond donors (Lipinski definition) is 2. The molecule has 0 fully saturated rings. The molecule has 0 spiro atoms. The lowest BCUT2D eigenvalue weighted by Gasteiger charge is -2.34. The van der Waals surface area contributed by atoms with Crippen molar-refractivity contribution in [2.24, 2.45) is 4.99 Å². The number of nitrogens with one attached hydrogen (secondary N) is 2. The van der Waals surface area contributed by atoms with E-state index in [1.54, 1.807) is 0 Å². The predicted octanol–water partition coefficient (Wildman–Crippen LogP) is 2.79. The highest BCUT2D eigenvalue weighted by molar-refractivity contribution is 5.79. The van der Waals surface area contributed by atoms with Gasteiger partial charge in [0.15, 0.2) is 5.96 Å². The van der Waals surface area contributed by atoms with E-state index >= 15 is 0 Å². The van der Waals surface area contributed by atoms with Crippen molar-refractivity contribution in [3.05, 3.63) is 52.7 Å². The zero-order chi connectivity index (χ0) is 19.2. The van der Waals surface area contributed by atoms with E-state index in [4.69, 9.17) is 4.42 Å². The molecule has 2 heterocycles. The van der Waals surface area contributed by atoms with Crippen LogP contribution < -0.4 is 10.6 Å². The van der Waals surface area contributed by atoms with Gasteiger partial charge in [-0.15, -0.1) is 0 Å². The molecule has 0 saturated heterocycles. The van der Waals surface area contributed by atoms with Gasteiger partial charge in [-0.1, -0.05) is 24.3 Å². The Hall–Kier alpha value is -2.34. The van der Waals surface area contributed by atoms with Crippen LogP contribution in [0.3, 0.4) is 0 Å². The quantitative estimate of drug-likeness (QED) is 0.605. The molecule has 1 aromatic carbocycles. The zero-order valence-corrected chi connectivity index (χ0v) is 16.9. The number of aromatic nitrogens is 1. The van der Waals surface area contributed by atoms with Gasteiger partial charge < -0.3 is 15.1 Å². The second-order valence-corrected chi connectivity index (χ2v) is 7.16. The molecule has 1 atom stereocenters. The van der Waals surface area contributed by atoms with Gasteiger partial charge >= 0.3 is 0 Å². The topological polar surface area (TPSA) is 65.7 Å². The Morgan fingerprint density at radius 1 is 1.26 bits per heavy atom. The van der Waals surface area contributed by atoms with Crippen LogP contribution in [0.15, 0.2) is 33.7 Å². The lowest BCUT2D eigenvalue weighted by molar-refractivity contribution is 0.191. The second kappa shape index (κ2) is 9.04. The molecule has 0 saturated carbocycles. The number of fused-ring (bicyclic) bond motifs is 1. The van der Waals surface area contributed by atoms with Crippen LogP contribution in [-0.4, -0.2) is 41.5 Å². The highest BCUT2D eigenvalue weighted by Crippen LogP contribution is 2.19. The third-order valence-electron chi connectivity index (χ3n) is 5.14. The standard InChI is InChI=1S/C21H31N5O/c1-5-22-21(24-13-20-25-16(3)17(4)27-20)23-12-15(2)26-11-10-18-8-6-7-9-19(18)14-26/h6-9,15H,5,10-14H2,1-4H3,(H2,22,23,24). The van der Waals surface area contributed by atoms with E-state index < -0.39 is 0 Å². The molecule has 1 unspecified atom stereocenters. The lowest BCUT2D eigenvalue weighted by Crippen LogP contribution is -2.47. The van der Waals surface area contributed by atoms with Crippen LogP contribution in [0.2, 0.25) is 0 Å². The SMILES string of the molecule is CCNC(=NCc1nc(C)c(C)o1)NCC(C)N1CCc2ccccc2C1. The minimum atomic E-state index is 0.424. The number of oxazole rings is 1. The minimum absolute atomic E-state index is 0.424. The van der Waals surface area contributed by atoms with Gasteiger partial charge in [0.25, 0.3) is 0 Å². The number of rotatable bonds is 6. The molecule has 0 bridgehead atoms. The number of benzene rings is 1. The third-order valence-corrected chi connectivity index (χ3v) is 5.14. The van der Waals surface area contributed by atoms with Gasteiger partial charge in [-0.3, -0.25) is 4.90 Å². The first kappa shape index (κ1) is 19.4. The van der Waals surface area contributed by atoms with Gasteiger partial charge in [-0.25, -0.2) is 9.98 Å². The zero-order valence-electron chi connectivity index (χ0n) is 16.9. The maximum atomic E-state index is 5.61. The van der Waals surface area contributed by atoms with Crippen molar-refractivity contribution in [1.29, 1.82) is 0 Å². The maximum Gasteiger partial charge on any atom is 0.216 e. The van der Waals surface area contributed by atoms with Crippen molar-refractivity contribution in [3.63, 3.8) is 0 Å². The minimum Gasteiger partial charge on any atom is -0.444 e. The van der Waals surface area contributed by atoms with Gasteiger partial charge in [-0.2, -0.15) is 0 Å². The Bertz CT molecular complexity index is 763. The maximum absolute atomic E-state index is 5.61. The molecule has 0 radical (unpaired) electrons. The first-order valence-electron chi connectivity index (χ1n) is 9.82. The average Bonchev–Trinajstić information content (AvgIpc) is 3.01. The highest BCUT2D eigenvalue weighted by Gasteiger charge is 2.20. The van der Waals surface area contributed by atoms with Crippen LogP contribution >= 0.6 is 0 Å². The van der Waals surface area contributed by atoms with Crippen LogP contribution in [0.1, 0.15) is 42.3 Å². The third kappa shape index (κ3) is 5.10. The summed E-state index contributed by atoms with van der Waals surface area (Å²) in [4.78, 5) is 11.5. The van der Waals surface area contributed by atoms with Crippen molar-refractivity contribution in [3.8, 4) is 0 Å². The van der Waals surface area contributed by atoms with Crippen LogP contribution in [0.5, 0.6) is 0 Å². The Kier molecular flexibility index (Phi) is 6.50. The van der Waals surface area contributed by atoms with Crippen molar-refractivity contribution in [2.45, 2.75) is 53.2 Å². The Morgan fingerprint density at radius 2 is 2.04 bits per heavy atom. The van der Waals surface area contributed by atoms with E-state index in [0.717, 1.165) is 50.0 Å². The number of hydrogen-bond acceptors (Lipinski definition) is 4. The van der Waals surface area contributed by atoms with E-state index in [2.05, 4.69) is 63.6 Å². The average molecular weight is 370 g/mol. The molecule has 2 aromatic rings. The van der Waals surface area contributed by atoms with E-state index in [1.807, 2.05) is 13.8 Å². The molecular weight excluding hydrogens is 338 g/mol. The molecule has 1 aliphatic heterocycles. The fourth-order valence-electron chi connectivity index (χ4n) is 3.36. The molecule has 2 N–H and O–H groups in total. The molecule has 1 aliphatic rings. The monoisotopic (exact) mass is 369 g/mol. The van der Waals surface area contributed by atoms with Crippen LogP contribution in [0.4, 0.5) is 0 Å². The molecule has 0 aliphatic carbocycles. The van der Waals surface area contributed by atoms with E-state index in [-0.39, 0.29) is 0 Å². The summed E-state index contributed by atoms with van der Waals surface area (Å²) in [6.07, 6.45) is 1.12. The van der Waals surface area contributed by atoms with Crippen LogP contribution in [0, 0.1) is 13.8 Å². The number of aliphatic imine (C=N–C) groups is 1. The summed E-state index contributed by atoms with van der Waals surface area (Å²) in [7, 11) is 0. The molecule has 6 heteroatoms. The summed E-state index contributed by atoms with van der Waals surface area (Å²) in [6.45, 7) is 12.4. The molecule has 3 rings (SSSR count). The van der Waals surface area contributed by atoms with Crippen molar-refractivity contribution in [1.82, 2.24) is 20.5 Å². The van der Waals surface area contributed by atoms with Gasteiger partial charge in [0.2, 0.25) is 5.89 Å². The summed E-state index contributed by atoms with van der Waals surface area (Å²) in [5, 5.41) is 6.76. The second-order valence-electron chi connectivity index (χ2n) is 7.16. The van der Waals surface area contributed by atoms with Gasteiger partial charge in [0.1, 0.15) is 12.3 Å². The van der Waals surface area contributed by atoms with Crippen molar-refractivity contribution < 1.29 is 4.42 Å². The highest BCUT2D eigenvalue weighted by atomic mass is 16.4. The number of aryl methyl sites for hydroxylation is 2. The molecule has 6 nitrogen and oxygen atoms in total. The summed E-state index contributed by atoms with van der Waals surface area (Å²) in [6, 6.07) is 9.18. The fraction of sp³-hybridized carbons (Fsp3) is 0.524. The molecule has 1 aromatic heterocycles.